The number of benzene rings is 2. The standard InChI is InChI=1S/C17H17N3O3S2/c1-3-23-13-8-10-14(11-9-13)25(21,22)20-19-12(2)17-18-15-6-4-5-7-16(15)24-17/h4-11,20H,3H2,1-2H3/b19-12-. The highest BCUT2D eigenvalue weighted by atomic mass is 32.2. The van der Waals surface area contributed by atoms with Crippen LogP contribution in [0.5, 0.6) is 5.75 Å². The number of sulfonamides is 1. The summed E-state index contributed by atoms with van der Waals surface area (Å²) in [5, 5.41) is 4.67. The highest BCUT2D eigenvalue weighted by Gasteiger charge is 2.14. The molecule has 0 unspecified atom stereocenters. The second-order valence-electron chi connectivity index (χ2n) is 5.18. The second-order valence-corrected chi connectivity index (χ2v) is 7.87. The van der Waals surface area contributed by atoms with Gasteiger partial charge in [0.15, 0.2) is 0 Å². The third-order valence-corrected chi connectivity index (χ3v) is 5.75. The zero-order chi connectivity index (χ0) is 17.9. The van der Waals surface area contributed by atoms with Gasteiger partial charge in [-0.1, -0.05) is 12.1 Å². The molecule has 0 aliphatic carbocycles. The minimum Gasteiger partial charge on any atom is -0.494 e. The molecule has 0 spiro atoms. The van der Waals surface area contributed by atoms with E-state index in [-0.39, 0.29) is 4.90 Å². The Balaban J connectivity index is 1.78. The summed E-state index contributed by atoms with van der Waals surface area (Å²) < 4.78 is 31.0. The lowest BCUT2D eigenvalue weighted by Crippen LogP contribution is -2.19. The Bertz CT molecular complexity index is 976. The number of nitrogens with one attached hydrogen (secondary N) is 1. The molecule has 0 atom stereocenters. The molecule has 8 heteroatoms. The summed E-state index contributed by atoms with van der Waals surface area (Å²) in [6, 6.07) is 13.9. The van der Waals surface area contributed by atoms with Gasteiger partial charge >= 0.3 is 0 Å². The van der Waals surface area contributed by atoms with Crippen LogP contribution in [0.25, 0.3) is 10.2 Å². The fourth-order valence-electron chi connectivity index (χ4n) is 2.14. The van der Waals surface area contributed by atoms with E-state index in [4.69, 9.17) is 4.74 Å². The number of fused-ring (bicyclic) bond motifs is 1. The summed E-state index contributed by atoms with van der Waals surface area (Å²) >= 11 is 1.47. The van der Waals surface area contributed by atoms with Gasteiger partial charge in [-0.2, -0.15) is 18.4 Å². The SMILES string of the molecule is CCOc1ccc(S(=O)(=O)N/N=C(/C)c2nc3ccccc3s2)cc1. The van der Waals surface area contributed by atoms with Crippen LogP contribution in [0.3, 0.4) is 0 Å². The van der Waals surface area contributed by atoms with Crippen molar-refractivity contribution in [3.8, 4) is 5.75 Å². The maximum absolute atomic E-state index is 12.3. The van der Waals surface area contributed by atoms with E-state index in [2.05, 4.69) is 14.9 Å². The Labute approximate surface area is 150 Å². The Morgan fingerprint density at radius 2 is 1.92 bits per heavy atom. The molecular weight excluding hydrogens is 358 g/mol. The van der Waals surface area contributed by atoms with Crippen molar-refractivity contribution in [3.63, 3.8) is 0 Å². The molecule has 25 heavy (non-hydrogen) atoms. The van der Waals surface area contributed by atoms with Crippen molar-refractivity contribution in [2.45, 2.75) is 18.7 Å². The van der Waals surface area contributed by atoms with E-state index < -0.39 is 10.0 Å². The van der Waals surface area contributed by atoms with Crippen LogP contribution < -0.4 is 9.57 Å². The number of para-hydroxylation sites is 1. The van der Waals surface area contributed by atoms with E-state index in [1.165, 1.54) is 23.5 Å². The van der Waals surface area contributed by atoms with Crippen molar-refractivity contribution >= 4 is 37.3 Å². The Kier molecular flexibility index (Phi) is 5.00. The Hall–Kier alpha value is -2.45. The van der Waals surface area contributed by atoms with Crippen molar-refractivity contribution in [1.82, 2.24) is 9.82 Å². The molecule has 0 aliphatic rings. The van der Waals surface area contributed by atoms with Gasteiger partial charge in [0.25, 0.3) is 10.0 Å². The van der Waals surface area contributed by atoms with Gasteiger partial charge < -0.3 is 4.74 Å². The number of nitrogens with zero attached hydrogens (tertiary/aromatic N) is 2. The van der Waals surface area contributed by atoms with Gasteiger partial charge in [0.2, 0.25) is 0 Å². The monoisotopic (exact) mass is 375 g/mol. The van der Waals surface area contributed by atoms with E-state index in [1.54, 1.807) is 19.1 Å². The maximum Gasteiger partial charge on any atom is 0.276 e. The summed E-state index contributed by atoms with van der Waals surface area (Å²) in [6.45, 7) is 4.11. The first-order valence-corrected chi connectivity index (χ1v) is 9.94. The summed E-state index contributed by atoms with van der Waals surface area (Å²) in [5.74, 6) is 0.621. The maximum atomic E-state index is 12.3. The number of thiazole rings is 1. The molecule has 6 nitrogen and oxygen atoms in total. The van der Waals surface area contributed by atoms with Crippen LogP contribution in [-0.4, -0.2) is 25.7 Å². The van der Waals surface area contributed by atoms with Crippen molar-refractivity contribution in [1.29, 1.82) is 0 Å². The summed E-state index contributed by atoms with van der Waals surface area (Å²) in [7, 11) is -3.74. The minimum atomic E-state index is -3.74. The Morgan fingerprint density at radius 3 is 2.60 bits per heavy atom. The van der Waals surface area contributed by atoms with E-state index in [9.17, 15) is 8.42 Å². The first-order chi connectivity index (χ1) is 12.0. The number of rotatable bonds is 6. The number of hydrogen-bond donors (Lipinski definition) is 1. The average Bonchev–Trinajstić information content (AvgIpc) is 3.05. The summed E-state index contributed by atoms with van der Waals surface area (Å²) in [6.07, 6.45) is 0. The van der Waals surface area contributed by atoms with Crippen LogP contribution in [0.15, 0.2) is 58.5 Å². The van der Waals surface area contributed by atoms with E-state index >= 15 is 0 Å². The number of hydrazone groups is 1. The lowest BCUT2D eigenvalue weighted by Gasteiger charge is -2.06. The fourth-order valence-corrected chi connectivity index (χ4v) is 3.91. The largest absolute Gasteiger partial charge is 0.494 e. The lowest BCUT2D eigenvalue weighted by atomic mass is 10.3. The second kappa shape index (κ2) is 7.20. The van der Waals surface area contributed by atoms with E-state index in [0.717, 1.165) is 10.2 Å². The van der Waals surface area contributed by atoms with Gasteiger partial charge in [0.05, 0.1) is 27.4 Å². The minimum absolute atomic E-state index is 0.122. The van der Waals surface area contributed by atoms with E-state index in [1.807, 2.05) is 31.2 Å². The van der Waals surface area contributed by atoms with Gasteiger partial charge in [0, 0.05) is 0 Å². The molecule has 0 saturated carbocycles. The molecule has 2 aromatic carbocycles. The molecule has 3 rings (SSSR count). The van der Waals surface area contributed by atoms with Gasteiger partial charge in [-0.05, 0) is 50.2 Å². The topological polar surface area (TPSA) is 80.7 Å². The van der Waals surface area contributed by atoms with Gasteiger partial charge in [0.1, 0.15) is 10.8 Å². The third kappa shape index (κ3) is 3.97. The average molecular weight is 375 g/mol. The van der Waals surface area contributed by atoms with Crippen molar-refractivity contribution in [2.24, 2.45) is 5.10 Å². The predicted molar refractivity (Wildman–Crippen MR) is 99.8 cm³/mol. The Morgan fingerprint density at radius 1 is 1.20 bits per heavy atom. The van der Waals surface area contributed by atoms with Crippen LogP contribution >= 0.6 is 11.3 Å². The molecule has 1 aromatic heterocycles. The number of aromatic nitrogens is 1. The first kappa shape index (κ1) is 17.4. The smallest absolute Gasteiger partial charge is 0.276 e. The van der Waals surface area contributed by atoms with Crippen LogP contribution in [0.2, 0.25) is 0 Å². The quantitative estimate of drug-likeness (QED) is 0.529. The van der Waals surface area contributed by atoms with Crippen LogP contribution in [0, 0.1) is 0 Å². The highest BCUT2D eigenvalue weighted by molar-refractivity contribution is 7.89. The normalized spacial score (nSPS) is 12.3. The first-order valence-electron chi connectivity index (χ1n) is 7.64. The van der Waals surface area contributed by atoms with Crippen molar-refractivity contribution in [3.05, 3.63) is 53.5 Å². The molecule has 3 aromatic rings. The molecule has 1 heterocycles. The molecule has 0 bridgehead atoms. The highest BCUT2D eigenvalue weighted by Crippen LogP contribution is 2.22. The van der Waals surface area contributed by atoms with Crippen LogP contribution in [-0.2, 0) is 10.0 Å². The molecule has 0 amide bonds. The lowest BCUT2D eigenvalue weighted by molar-refractivity contribution is 0.340. The molecule has 0 aliphatic heterocycles. The molecule has 0 radical (unpaired) electrons. The molecule has 1 N–H and O–H groups in total. The van der Waals surface area contributed by atoms with Crippen molar-refractivity contribution in [2.75, 3.05) is 6.61 Å². The molecule has 0 fully saturated rings. The zero-order valence-corrected chi connectivity index (χ0v) is 15.4. The fraction of sp³-hybridized carbons (Fsp3) is 0.176. The summed E-state index contributed by atoms with van der Waals surface area (Å²) in [5.41, 5.74) is 1.38. The molecule has 0 saturated heterocycles. The zero-order valence-electron chi connectivity index (χ0n) is 13.8. The molecule has 130 valence electrons. The van der Waals surface area contributed by atoms with Gasteiger partial charge in [-0.3, -0.25) is 0 Å². The van der Waals surface area contributed by atoms with Crippen LogP contribution in [0.4, 0.5) is 0 Å². The summed E-state index contributed by atoms with van der Waals surface area (Å²) in [4.78, 5) is 6.83. The van der Waals surface area contributed by atoms with E-state index in [0.29, 0.717) is 23.1 Å². The van der Waals surface area contributed by atoms with Crippen LogP contribution in [0.1, 0.15) is 18.9 Å². The van der Waals surface area contributed by atoms with Gasteiger partial charge in [-0.25, -0.2) is 4.98 Å². The van der Waals surface area contributed by atoms with Gasteiger partial charge in [-0.15, -0.1) is 11.3 Å². The predicted octanol–water partition coefficient (Wildman–Crippen LogP) is 3.40. The molecular formula is C17H17N3O3S2. The number of ether oxygens (including phenoxy) is 1. The third-order valence-electron chi connectivity index (χ3n) is 3.38. The van der Waals surface area contributed by atoms with Crippen molar-refractivity contribution < 1.29 is 13.2 Å². The number of hydrogen-bond acceptors (Lipinski definition) is 6.